The first-order valence-electron chi connectivity index (χ1n) is 5.43. The molecule has 0 aliphatic carbocycles. The van der Waals surface area contributed by atoms with E-state index in [9.17, 15) is 17.6 Å². The van der Waals surface area contributed by atoms with Crippen molar-refractivity contribution < 1.29 is 17.6 Å². The first-order chi connectivity index (χ1) is 8.65. The van der Waals surface area contributed by atoms with Gasteiger partial charge in [0.2, 0.25) is 15.9 Å². The fourth-order valence-electron chi connectivity index (χ4n) is 1.47. The summed E-state index contributed by atoms with van der Waals surface area (Å²) in [5, 5.41) is 0. The predicted octanol–water partition coefficient (Wildman–Crippen LogP) is 0.163. The number of anilines is 1. The van der Waals surface area contributed by atoms with Crippen molar-refractivity contribution in [1.29, 1.82) is 0 Å². The van der Waals surface area contributed by atoms with Crippen LogP contribution in [0.4, 0.5) is 10.1 Å². The number of amides is 1. The highest BCUT2D eigenvalue weighted by atomic mass is 32.2. The Hall–Kier alpha value is -1.67. The zero-order chi connectivity index (χ0) is 14.8. The minimum atomic E-state index is -4.05. The molecule has 0 saturated heterocycles. The first-order valence-corrected chi connectivity index (χ1v) is 6.92. The van der Waals surface area contributed by atoms with Gasteiger partial charge in [-0.3, -0.25) is 4.79 Å². The van der Waals surface area contributed by atoms with Crippen molar-refractivity contribution in [3.05, 3.63) is 24.0 Å². The Labute approximate surface area is 111 Å². The fraction of sp³-hybridized carbons (Fsp3) is 0.364. The maximum Gasteiger partial charge on any atom is 0.243 e. The molecule has 1 unspecified atom stereocenters. The van der Waals surface area contributed by atoms with Gasteiger partial charge in [0.05, 0.1) is 11.7 Å². The normalized spacial score (nSPS) is 13.1. The van der Waals surface area contributed by atoms with Crippen LogP contribution in [0.25, 0.3) is 0 Å². The monoisotopic (exact) mass is 289 g/mol. The van der Waals surface area contributed by atoms with E-state index in [1.807, 2.05) is 0 Å². The number of hydrogen-bond donors (Lipinski definition) is 2. The number of halogens is 1. The van der Waals surface area contributed by atoms with Crippen molar-refractivity contribution in [2.24, 2.45) is 0 Å². The molecule has 0 aromatic heterocycles. The Kier molecular flexibility index (Phi) is 4.48. The Morgan fingerprint density at radius 1 is 1.42 bits per heavy atom. The van der Waals surface area contributed by atoms with E-state index in [-0.39, 0.29) is 10.6 Å². The van der Waals surface area contributed by atoms with Crippen LogP contribution in [0.1, 0.15) is 6.92 Å². The summed E-state index contributed by atoms with van der Waals surface area (Å²) in [5.74, 6) is -1.14. The molecule has 106 valence electrons. The second-order valence-electron chi connectivity index (χ2n) is 4.26. The number of nitrogens with one attached hydrogen (secondary N) is 1. The Morgan fingerprint density at radius 3 is 2.53 bits per heavy atom. The van der Waals surface area contributed by atoms with Gasteiger partial charge in [0, 0.05) is 14.1 Å². The highest BCUT2D eigenvalue weighted by Gasteiger charge is 2.25. The van der Waals surface area contributed by atoms with Crippen molar-refractivity contribution >= 4 is 21.6 Å². The number of sulfonamides is 1. The summed E-state index contributed by atoms with van der Waals surface area (Å²) in [6, 6.07) is 2.05. The smallest absolute Gasteiger partial charge is 0.243 e. The van der Waals surface area contributed by atoms with Gasteiger partial charge in [0.25, 0.3) is 0 Å². The van der Waals surface area contributed by atoms with Gasteiger partial charge in [-0.25, -0.2) is 12.8 Å². The standard InChI is InChI=1S/C11H16FN3O3S/c1-7(11(16)15(2)3)14-19(17,18)10-6-8(12)4-5-9(10)13/h4-7,14H,13H2,1-3H3. The third-order valence-corrected chi connectivity index (χ3v) is 4.00. The average molecular weight is 289 g/mol. The van der Waals surface area contributed by atoms with E-state index in [1.165, 1.54) is 25.9 Å². The minimum Gasteiger partial charge on any atom is -0.398 e. The SMILES string of the molecule is CC(NS(=O)(=O)c1cc(F)ccc1N)C(=O)N(C)C. The molecule has 0 heterocycles. The molecule has 1 aromatic carbocycles. The van der Waals surface area contributed by atoms with E-state index in [0.29, 0.717) is 0 Å². The van der Waals surface area contributed by atoms with E-state index < -0.39 is 27.8 Å². The largest absolute Gasteiger partial charge is 0.398 e. The number of carbonyl (C=O) groups excluding carboxylic acids is 1. The minimum absolute atomic E-state index is 0.0848. The molecule has 19 heavy (non-hydrogen) atoms. The molecule has 0 fully saturated rings. The van der Waals surface area contributed by atoms with Crippen LogP contribution in [0.3, 0.4) is 0 Å². The summed E-state index contributed by atoms with van der Waals surface area (Å²) in [5.41, 5.74) is 5.42. The summed E-state index contributed by atoms with van der Waals surface area (Å²) in [6.07, 6.45) is 0. The second kappa shape index (κ2) is 5.54. The average Bonchev–Trinajstić information content (AvgIpc) is 2.30. The van der Waals surface area contributed by atoms with Crippen molar-refractivity contribution in [3.63, 3.8) is 0 Å². The highest BCUT2D eigenvalue weighted by Crippen LogP contribution is 2.19. The van der Waals surface area contributed by atoms with Crippen LogP contribution in [0.2, 0.25) is 0 Å². The van der Waals surface area contributed by atoms with Crippen LogP contribution in [0.5, 0.6) is 0 Å². The molecule has 0 aliphatic rings. The molecular formula is C11H16FN3O3S. The quantitative estimate of drug-likeness (QED) is 0.772. The lowest BCUT2D eigenvalue weighted by molar-refractivity contribution is -0.130. The van der Waals surface area contributed by atoms with Crippen molar-refractivity contribution in [2.75, 3.05) is 19.8 Å². The summed E-state index contributed by atoms with van der Waals surface area (Å²) in [7, 11) is -1.05. The summed E-state index contributed by atoms with van der Waals surface area (Å²) < 4.78 is 39.3. The molecule has 0 aliphatic heterocycles. The molecule has 0 spiro atoms. The summed E-state index contributed by atoms with van der Waals surface area (Å²) >= 11 is 0. The van der Waals surface area contributed by atoms with Crippen LogP contribution in [-0.2, 0) is 14.8 Å². The van der Waals surface area contributed by atoms with Gasteiger partial charge in [0.1, 0.15) is 10.7 Å². The highest BCUT2D eigenvalue weighted by molar-refractivity contribution is 7.89. The van der Waals surface area contributed by atoms with Crippen LogP contribution in [0.15, 0.2) is 23.1 Å². The summed E-state index contributed by atoms with van der Waals surface area (Å²) in [6.45, 7) is 1.40. The van der Waals surface area contributed by atoms with E-state index in [0.717, 1.165) is 18.2 Å². The zero-order valence-corrected chi connectivity index (χ0v) is 11.7. The number of nitrogens with two attached hydrogens (primary N) is 1. The molecule has 0 saturated carbocycles. The number of nitrogen functional groups attached to an aromatic ring is 1. The molecule has 0 radical (unpaired) electrons. The van der Waals surface area contributed by atoms with E-state index in [4.69, 9.17) is 5.73 Å². The van der Waals surface area contributed by atoms with E-state index in [1.54, 1.807) is 0 Å². The summed E-state index contributed by atoms with van der Waals surface area (Å²) in [4.78, 5) is 12.5. The van der Waals surface area contributed by atoms with Gasteiger partial charge in [-0.1, -0.05) is 0 Å². The molecule has 6 nitrogen and oxygen atoms in total. The third-order valence-electron chi connectivity index (χ3n) is 2.41. The number of benzene rings is 1. The Bertz CT molecular complexity index is 587. The van der Waals surface area contributed by atoms with Crippen molar-refractivity contribution in [2.45, 2.75) is 17.9 Å². The van der Waals surface area contributed by atoms with Crippen LogP contribution < -0.4 is 10.5 Å². The topological polar surface area (TPSA) is 92.5 Å². The van der Waals surface area contributed by atoms with Crippen molar-refractivity contribution in [1.82, 2.24) is 9.62 Å². The van der Waals surface area contributed by atoms with E-state index >= 15 is 0 Å². The number of rotatable bonds is 4. The number of hydrogen-bond acceptors (Lipinski definition) is 4. The second-order valence-corrected chi connectivity index (χ2v) is 5.94. The predicted molar refractivity (Wildman–Crippen MR) is 69.3 cm³/mol. The van der Waals surface area contributed by atoms with Crippen molar-refractivity contribution in [3.8, 4) is 0 Å². The van der Waals surface area contributed by atoms with Crippen LogP contribution >= 0.6 is 0 Å². The van der Waals surface area contributed by atoms with Crippen LogP contribution in [0, 0.1) is 5.82 Å². The lowest BCUT2D eigenvalue weighted by atomic mass is 10.3. The lowest BCUT2D eigenvalue weighted by Gasteiger charge is -2.18. The number of likely N-dealkylation sites (N-methyl/N-ethyl adjacent to an activating group) is 1. The van der Waals surface area contributed by atoms with Gasteiger partial charge < -0.3 is 10.6 Å². The van der Waals surface area contributed by atoms with Gasteiger partial charge in [-0.05, 0) is 25.1 Å². The lowest BCUT2D eigenvalue weighted by Crippen LogP contribution is -2.44. The zero-order valence-electron chi connectivity index (χ0n) is 10.8. The Balaban J connectivity index is 3.05. The van der Waals surface area contributed by atoms with Gasteiger partial charge in [0.15, 0.2) is 0 Å². The maximum absolute atomic E-state index is 13.1. The van der Waals surface area contributed by atoms with Crippen LogP contribution in [-0.4, -0.2) is 39.4 Å². The molecule has 1 atom stereocenters. The van der Waals surface area contributed by atoms with Gasteiger partial charge in [-0.2, -0.15) is 4.72 Å². The first kappa shape index (κ1) is 15.4. The number of nitrogens with zero attached hydrogens (tertiary/aromatic N) is 1. The molecule has 0 bridgehead atoms. The fourth-order valence-corrected chi connectivity index (χ4v) is 2.81. The molecule has 1 aromatic rings. The Morgan fingerprint density at radius 2 is 2.00 bits per heavy atom. The maximum atomic E-state index is 13.1. The van der Waals surface area contributed by atoms with E-state index in [2.05, 4.69) is 4.72 Å². The molecule has 1 amide bonds. The number of carbonyl (C=O) groups is 1. The van der Waals surface area contributed by atoms with Gasteiger partial charge >= 0.3 is 0 Å². The molecule has 3 N–H and O–H groups in total. The molecular weight excluding hydrogens is 273 g/mol. The molecule has 1 rings (SSSR count). The van der Waals surface area contributed by atoms with Gasteiger partial charge in [-0.15, -0.1) is 0 Å². The molecule has 8 heteroatoms. The third kappa shape index (κ3) is 3.65.